The van der Waals surface area contributed by atoms with Crippen LogP contribution in [-0.4, -0.2) is 0 Å². The summed E-state index contributed by atoms with van der Waals surface area (Å²) in [7, 11) is 0. The van der Waals surface area contributed by atoms with Crippen molar-refractivity contribution in [2.75, 3.05) is 0 Å². The first-order chi connectivity index (χ1) is 10.4. The molecule has 0 heteroatoms. The van der Waals surface area contributed by atoms with E-state index in [1.165, 1.54) is 24.0 Å². The van der Waals surface area contributed by atoms with Gasteiger partial charge in [0, 0.05) is 0 Å². The van der Waals surface area contributed by atoms with Gasteiger partial charge in [0.15, 0.2) is 0 Å². The first-order valence-electron chi connectivity index (χ1n) is 8.85. The topological polar surface area (TPSA) is 0 Å². The normalized spacial score (nSPS) is 16.8. The molecule has 1 aliphatic carbocycles. The maximum absolute atomic E-state index is 2.38. The van der Waals surface area contributed by atoms with Crippen molar-refractivity contribution < 1.29 is 0 Å². The molecule has 1 aromatic carbocycles. The van der Waals surface area contributed by atoms with E-state index in [0.717, 1.165) is 17.8 Å². The zero-order valence-electron chi connectivity index (χ0n) is 15.3. The van der Waals surface area contributed by atoms with Crippen LogP contribution in [0.1, 0.15) is 65.9 Å². The molecule has 2 rings (SSSR count). The van der Waals surface area contributed by atoms with E-state index in [1.54, 1.807) is 0 Å². The zero-order valence-corrected chi connectivity index (χ0v) is 15.3. The Hall–Kier alpha value is -1.30. The van der Waals surface area contributed by atoms with Crippen LogP contribution in [0.3, 0.4) is 0 Å². The maximum atomic E-state index is 2.38. The van der Waals surface area contributed by atoms with Gasteiger partial charge in [-0.2, -0.15) is 0 Å². The summed E-state index contributed by atoms with van der Waals surface area (Å²) < 4.78 is 0. The number of rotatable bonds is 4. The highest BCUT2D eigenvalue weighted by atomic mass is 14.2. The summed E-state index contributed by atoms with van der Waals surface area (Å²) in [5, 5.41) is 0. The van der Waals surface area contributed by atoms with Gasteiger partial charge < -0.3 is 0 Å². The van der Waals surface area contributed by atoms with Crippen LogP contribution in [0, 0.1) is 17.8 Å². The summed E-state index contributed by atoms with van der Waals surface area (Å²) >= 11 is 0. The Morgan fingerprint density at radius 1 is 0.727 bits per heavy atom. The van der Waals surface area contributed by atoms with Crippen LogP contribution in [0.25, 0.3) is 0 Å². The predicted octanol–water partition coefficient (Wildman–Crippen LogP) is 7.00. The Balaban J connectivity index is 0.000000220. The highest BCUT2D eigenvalue weighted by Gasteiger charge is 2.11. The molecule has 1 aromatic rings. The van der Waals surface area contributed by atoms with Crippen molar-refractivity contribution in [1.29, 1.82) is 0 Å². The van der Waals surface area contributed by atoms with Crippen LogP contribution in [-0.2, 0) is 0 Å². The van der Waals surface area contributed by atoms with Crippen LogP contribution in [0.2, 0.25) is 0 Å². The van der Waals surface area contributed by atoms with Crippen LogP contribution in [0.4, 0.5) is 0 Å². The van der Waals surface area contributed by atoms with Gasteiger partial charge in [0.05, 0.1) is 0 Å². The summed E-state index contributed by atoms with van der Waals surface area (Å²) in [6.07, 6.45) is 9.42. The highest BCUT2D eigenvalue weighted by Crippen LogP contribution is 2.24. The molecule has 122 valence electrons. The van der Waals surface area contributed by atoms with E-state index in [4.69, 9.17) is 0 Å². The van der Waals surface area contributed by atoms with Gasteiger partial charge in [-0.15, -0.1) is 0 Å². The lowest BCUT2D eigenvalue weighted by atomic mass is 9.87. The number of allylic oxidation sites excluding steroid dienone is 4. The van der Waals surface area contributed by atoms with Crippen LogP contribution in [0.15, 0.2) is 54.1 Å². The SMILES string of the molecule is CC(C)C(C)c1ccccc1.CC(C)[C@H](C)C1=CCCC=C1. The van der Waals surface area contributed by atoms with Gasteiger partial charge in [0.25, 0.3) is 0 Å². The standard InChI is InChI=1S/C11H18.C11H16/c2*1-9(2)10(3)11-7-5-4-6-8-11/h5,7-10H,4,6H2,1-3H3;4-10H,1-3H3/t10-;/m0./s1. The number of hydrogen-bond donors (Lipinski definition) is 0. The third-order valence-corrected chi connectivity index (χ3v) is 4.87. The van der Waals surface area contributed by atoms with Crippen LogP contribution in [0.5, 0.6) is 0 Å². The van der Waals surface area contributed by atoms with Gasteiger partial charge in [-0.3, -0.25) is 0 Å². The van der Waals surface area contributed by atoms with Crippen molar-refractivity contribution in [1.82, 2.24) is 0 Å². The summed E-state index contributed by atoms with van der Waals surface area (Å²) in [5.41, 5.74) is 2.98. The predicted molar refractivity (Wildman–Crippen MR) is 100 cm³/mol. The molecule has 0 aliphatic heterocycles. The second-order valence-electron chi connectivity index (χ2n) is 7.16. The minimum Gasteiger partial charge on any atom is -0.0840 e. The Labute approximate surface area is 138 Å². The summed E-state index contributed by atoms with van der Waals surface area (Å²) in [6.45, 7) is 13.7. The maximum Gasteiger partial charge on any atom is -0.0167 e. The van der Waals surface area contributed by atoms with Crippen LogP contribution < -0.4 is 0 Å². The van der Waals surface area contributed by atoms with Crippen molar-refractivity contribution in [3.05, 3.63) is 59.7 Å². The first kappa shape index (κ1) is 18.7. The molecule has 22 heavy (non-hydrogen) atoms. The van der Waals surface area contributed by atoms with E-state index in [0.29, 0.717) is 5.92 Å². The molecule has 0 nitrogen and oxygen atoms in total. The van der Waals surface area contributed by atoms with Crippen molar-refractivity contribution in [3.63, 3.8) is 0 Å². The quantitative estimate of drug-likeness (QED) is 0.561. The molecule has 1 unspecified atom stereocenters. The molecule has 2 atom stereocenters. The number of hydrogen-bond acceptors (Lipinski definition) is 0. The summed E-state index contributed by atoms with van der Waals surface area (Å²) in [5.74, 6) is 2.91. The van der Waals surface area contributed by atoms with Gasteiger partial charge in [0.2, 0.25) is 0 Å². The third-order valence-electron chi connectivity index (χ3n) is 4.87. The Morgan fingerprint density at radius 3 is 1.77 bits per heavy atom. The lowest BCUT2D eigenvalue weighted by molar-refractivity contribution is 0.485. The zero-order chi connectivity index (χ0) is 16.5. The first-order valence-corrected chi connectivity index (χ1v) is 8.85. The Kier molecular flexibility index (Phi) is 8.24. The summed E-state index contributed by atoms with van der Waals surface area (Å²) in [4.78, 5) is 0. The average molecular weight is 299 g/mol. The molecular formula is C22H34. The molecule has 1 aliphatic rings. The molecule has 0 spiro atoms. The minimum absolute atomic E-state index is 0.677. The fourth-order valence-electron chi connectivity index (χ4n) is 2.50. The van der Waals surface area contributed by atoms with Gasteiger partial charge in [0.1, 0.15) is 0 Å². The highest BCUT2D eigenvalue weighted by molar-refractivity contribution is 5.24. The molecule has 0 fully saturated rings. The molecule has 0 bridgehead atoms. The second kappa shape index (κ2) is 9.66. The van der Waals surface area contributed by atoms with Gasteiger partial charge >= 0.3 is 0 Å². The third kappa shape index (κ3) is 6.22. The van der Waals surface area contributed by atoms with Gasteiger partial charge in [-0.05, 0) is 47.6 Å². The molecule has 0 amide bonds. The van der Waals surface area contributed by atoms with Crippen molar-refractivity contribution in [3.8, 4) is 0 Å². The Bertz CT molecular complexity index is 462. The molecule has 0 N–H and O–H groups in total. The number of benzene rings is 1. The smallest absolute Gasteiger partial charge is 0.0167 e. The molecule has 0 saturated carbocycles. The van der Waals surface area contributed by atoms with E-state index in [1.807, 2.05) is 0 Å². The van der Waals surface area contributed by atoms with Crippen molar-refractivity contribution >= 4 is 0 Å². The second-order valence-corrected chi connectivity index (χ2v) is 7.16. The van der Waals surface area contributed by atoms with Crippen molar-refractivity contribution in [2.45, 2.75) is 60.3 Å². The van der Waals surface area contributed by atoms with E-state index in [-0.39, 0.29) is 0 Å². The van der Waals surface area contributed by atoms with Crippen LogP contribution >= 0.6 is 0 Å². The molecule has 0 aromatic heterocycles. The van der Waals surface area contributed by atoms with E-state index < -0.39 is 0 Å². The molecule has 0 heterocycles. The van der Waals surface area contributed by atoms with Gasteiger partial charge in [-0.25, -0.2) is 0 Å². The lowest BCUT2D eigenvalue weighted by Crippen LogP contribution is -2.06. The molecule has 0 radical (unpaired) electrons. The fraction of sp³-hybridized carbons (Fsp3) is 0.545. The van der Waals surface area contributed by atoms with E-state index in [2.05, 4.69) is 90.1 Å². The lowest BCUT2D eigenvalue weighted by Gasteiger charge is -2.18. The minimum atomic E-state index is 0.677. The largest absolute Gasteiger partial charge is 0.0840 e. The average Bonchev–Trinajstić information content (AvgIpc) is 2.55. The van der Waals surface area contributed by atoms with E-state index in [9.17, 15) is 0 Å². The fourth-order valence-corrected chi connectivity index (χ4v) is 2.50. The molecule has 0 saturated heterocycles. The van der Waals surface area contributed by atoms with Gasteiger partial charge in [-0.1, -0.05) is 90.1 Å². The Morgan fingerprint density at radius 2 is 1.32 bits per heavy atom. The summed E-state index contributed by atoms with van der Waals surface area (Å²) in [6, 6.07) is 10.7. The van der Waals surface area contributed by atoms with Crippen molar-refractivity contribution in [2.24, 2.45) is 17.8 Å². The molecular weight excluding hydrogens is 264 g/mol. The monoisotopic (exact) mass is 298 g/mol. The van der Waals surface area contributed by atoms with E-state index >= 15 is 0 Å².